The van der Waals surface area contributed by atoms with Crippen molar-refractivity contribution in [3.63, 3.8) is 0 Å². The molecule has 164 valence electrons. The molecule has 2 N–H and O–H groups in total. The van der Waals surface area contributed by atoms with Gasteiger partial charge in [0.2, 0.25) is 0 Å². The van der Waals surface area contributed by atoms with E-state index < -0.39 is 11.6 Å². The molecule has 0 aromatic carbocycles. The van der Waals surface area contributed by atoms with E-state index in [4.69, 9.17) is 11.6 Å². The quantitative estimate of drug-likeness (QED) is 0.505. The minimum absolute atomic E-state index is 0.159. The number of rotatable bonds is 5. The molecule has 0 spiro atoms. The molecule has 4 rings (SSSR count). The smallest absolute Gasteiger partial charge is 0.332 e. The van der Waals surface area contributed by atoms with Crippen LogP contribution in [0.4, 0.5) is 16.3 Å². The third-order valence-electron chi connectivity index (χ3n) is 5.27. The summed E-state index contributed by atoms with van der Waals surface area (Å²) in [7, 11) is 0. The number of hydrogen-bond acceptors (Lipinski definition) is 6. The Morgan fingerprint density at radius 1 is 1.25 bits per heavy atom. The highest BCUT2D eigenvalue weighted by Crippen LogP contribution is 2.33. The van der Waals surface area contributed by atoms with E-state index >= 15 is 0 Å². The number of allylic oxidation sites excluding steroid dienone is 4. The summed E-state index contributed by atoms with van der Waals surface area (Å²) in [6, 6.07) is 6.64. The highest BCUT2D eigenvalue weighted by molar-refractivity contribution is 6.29. The number of amides is 3. The Morgan fingerprint density at radius 2 is 2.06 bits per heavy atom. The number of aliphatic hydroxyl groups is 1. The first-order chi connectivity index (χ1) is 15.3. The standard InChI is InChI=1S/C23H22ClN5O3/c1-23(2)21(31)29(17-6-3-7-18(30)9-8-17)22(32)28(23)14-15-11-19(24)27-20(12-15)26-16-5-4-10-25-13-16/h3-6,8-13,30H,7,14H2,1-2H3,(H,26,27). The fraction of sp³-hybridized carbons (Fsp3) is 0.217. The minimum atomic E-state index is -1.07. The summed E-state index contributed by atoms with van der Waals surface area (Å²) in [5, 5.41) is 13.1. The van der Waals surface area contributed by atoms with Crippen LogP contribution in [0, 0.1) is 0 Å². The molecule has 32 heavy (non-hydrogen) atoms. The van der Waals surface area contributed by atoms with Crippen molar-refractivity contribution in [2.24, 2.45) is 0 Å². The highest BCUT2D eigenvalue weighted by Gasteiger charge is 2.52. The zero-order valence-electron chi connectivity index (χ0n) is 17.6. The van der Waals surface area contributed by atoms with Gasteiger partial charge in [-0.1, -0.05) is 17.7 Å². The monoisotopic (exact) mass is 451 g/mol. The Kier molecular flexibility index (Phi) is 5.71. The third-order valence-corrected chi connectivity index (χ3v) is 5.47. The maximum absolute atomic E-state index is 13.3. The molecule has 0 saturated carbocycles. The van der Waals surface area contributed by atoms with E-state index in [-0.39, 0.29) is 23.4 Å². The van der Waals surface area contributed by atoms with Gasteiger partial charge in [0.05, 0.1) is 23.3 Å². The Balaban J connectivity index is 1.61. The molecule has 0 atom stereocenters. The zero-order valence-corrected chi connectivity index (χ0v) is 18.4. The molecule has 0 unspecified atom stereocenters. The van der Waals surface area contributed by atoms with Crippen molar-refractivity contribution < 1.29 is 14.7 Å². The predicted molar refractivity (Wildman–Crippen MR) is 121 cm³/mol. The van der Waals surface area contributed by atoms with Gasteiger partial charge >= 0.3 is 6.03 Å². The second kappa shape index (κ2) is 8.47. The van der Waals surface area contributed by atoms with Crippen LogP contribution in [0.3, 0.4) is 0 Å². The number of hydrogen-bond donors (Lipinski definition) is 2. The summed E-state index contributed by atoms with van der Waals surface area (Å²) in [5.74, 6) is 0.316. The van der Waals surface area contributed by atoms with Gasteiger partial charge in [0.25, 0.3) is 5.91 Å². The van der Waals surface area contributed by atoms with Gasteiger partial charge < -0.3 is 15.3 Å². The van der Waals surface area contributed by atoms with E-state index in [1.54, 1.807) is 62.7 Å². The van der Waals surface area contributed by atoms with Crippen molar-refractivity contribution in [3.05, 3.63) is 83.1 Å². The molecule has 9 heteroatoms. The lowest BCUT2D eigenvalue weighted by Gasteiger charge is -2.28. The van der Waals surface area contributed by atoms with Crippen molar-refractivity contribution >= 4 is 35.0 Å². The van der Waals surface area contributed by atoms with Crippen LogP contribution in [0.5, 0.6) is 0 Å². The molecule has 0 radical (unpaired) electrons. The molecular formula is C23H22ClN5O3. The SMILES string of the molecule is CC1(C)C(=O)N(C2=CC=C(O)CC=C2)C(=O)N1Cc1cc(Cl)nc(Nc2cccnc2)c1. The van der Waals surface area contributed by atoms with Gasteiger partial charge in [-0.05, 0) is 61.9 Å². The van der Waals surface area contributed by atoms with Gasteiger partial charge in [-0.25, -0.2) is 14.7 Å². The lowest BCUT2D eigenvalue weighted by Crippen LogP contribution is -2.43. The van der Waals surface area contributed by atoms with Crippen LogP contribution in [0.1, 0.15) is 25.8 Å². The molecule has 3 heterocycles. The molecule has 0 bridgehead atoms. The van der Waals surface area contributed by atoms with Crippen molar-refractivity contribution in [2.45, 2.75) is 32.4 Å². The number of anilines is 2. The van der Waals surface area contributed by atoms with E-state index in [0.717, 1.165) is 16.2 Å². The van der Waals surface area contributed by atoms with E-state index in [1.807, 2.05) is 6.07 Å². The van der Waals surface area contributed by atoms with Gasteiger partial charge in [-0.2, -0.15) is 0 Å². The third kappa shape index (κ3) is 4.22. The van der Waals surface area contributed by atoms with E-state index in [2.05, 4.69) is 15.3 Å². The van der Waals surface area contributed by atoms with Gasteiger partial charge in [0, 0.05) is 19.2 Å². The number of nitrogens with zero attached hydrogens (tertiary/aromatic N) is 4. The number of pyridine rings is 2. The summed E-state index contributed by atoms with van der Waals surface area (Å²) in [4.78, 5) is 37.4. The molecule has 2 aromatic rings. The summed E-state index contributed by atoms with van der Waals surface area (Å²) in [5.41, 5.74) is 0.800. The van der Waals surface area contributed by atoms with Crippen molar-refractivity contribution in [3.8, 4) is 0 Å². The average molecular weight is 452 g/mol. The van der Waals surface area contributed by atoms with Gasteiger partial charge in [0.15, 0.2) is 0 Å². The Morgan fingerprint density at radius 3 is 2.81 bits per heavy atom. The highest BCUT2D eigenvalue weighted by atomic mass is 35.5. The lowest BCUT2D eigenvalue weighted by molar-refractivity contribution is -0.130. The normalized spacial score (nSPS) is 17.8. The molecule has 1 saturated heterocycles. The average Bonchev–Trinajstić information content (AvgIpc) is 2.88. The topological polar surface area (TPSA) is 98.7 Å². The molecule has 2 aliphatic rings. The van der Waals surface area contributed by atoms with Gasteiger partial charge in [0.1, 0.15) is 16.5 Å². The summed E-state index contributed by atoms with van der Waals surface area (Å²) < 4.78 is 0. The lowest BCUT2D eigenvalue weighted by atomic mass is 10.0. The zero-order chi connectivity index (χ0) is 22.9. The predicted octanol–water partition coefficient (Wildman–Crippen LogP) is 4.70. The van der Waals surface area contributed by atoms with Crippen molar-refractivity contribution in [1.29, 1.82) is 0 Å². The Labute approximate surface area is 190 Å². The fourth-order valence-corrected chi connectivity index (χ4v) is 3.79. The molecular weight excluding hydrogens is 430 g/mol. The number of carbonyl (C=O) groups excluding carboxylic acids is 2. The molecule has 8 nitrogen and oxygen atoms in total. The van der Waals surface area contributed by atoms with Crippen LogP contribution in [0.15, 0.2) is 72.4 Å². The summed E-state index contributed by atoms with van der Waals surface area (Å²) in [6.07, 6.45) is 10.1. The fourth-order valence-electron chi connectivity index (χ4n) is 3.56. The molecule has 1 aliphatic heterocycles. The number of halogens is 1. The Hall–Kier alpha value is -3.65. The first-order valence-corrected chi connectivity index (χ1v) is 10.4. The number of nitrogens with one attached hydrogen (secondary N) is 1. The van der Waals surface area contributed by atoms with Crippen LogP contribution in [-0.2, 0) is 11.3 Å². The largest absolute Gasteiger partial charge is 0.512 e. The number of carbonyl (C=O) groups is 2. The first kappa shape index (κ1) is 21.6. The summed E-state index contributed by atoms with van der Waals surface area (Å²) >= 11 is 6.22. The van der Waals surface area contributed by atoms with Gasteiger partial charge in [-0.3, -0.25) is 9.78 Å². The molecule has 1 fully saturated rings. The maximum Gasteiger partial charge on any atom is 0.332 e. The Bertz CT molecular complexity index is 1160. The van der Waals surface area contributed by atoms with Crippen LogP contribution in [0.25, 0.3) is 0 Å². The van der Waals surface area contributed by atoms with Crippen molar-refractivity contribution in [2.75, 3.05) is 5.32 Å². The number of imide groups is 1. The van der Waals surface area contributed by atoms with Crippen LogP contribution >= 0.6 is 11.6 Å². The van der Waals surface area contributed by atoms with Crippen LogP contribution in [0.2, 0.25) is 5.15 Å². The molecule has 3 amide bonds. The second-order valence-electron chi connectivity index (χ2n) is 7.97. The maximum atomic E-state index is 13.3. The molecule has 2 aromatic heterocycles. The van der Waals surface area contributed by atoms with Crippen molar-refractivity contribution in [1.82, 2.24) is 19.8 Å². The first-order valence-electron chi connectivity index (χ1n) is 10.0. The second-order valence-corrected chi connectivity index (χ2v) is 8.36. The van der Waals surface area contributed by atoms with E-state index in [0.29, 0.717) is 17.9 Å². The number of aliphatic hydroxyl groups excluding tert-OH is 1. The minimum Gasteiger partial charge on any atom is -0.512 e. The number of urea groups is 1. The van der Waals surface area contributed by atoms with Crippen LogP contribution in [-0.4, -0.2) is 42.4 Å². The van der Waals surface area contributed by atoms with E-state index in [1.165, 1.54) is 11.0 Å². The molecule has 1 aliphatic carbocycles. The van der Waals surface area contributed by atoms with E-state index in [9.17, 15) is 14.7 Å². The summed E-state index contributed by atoms with van der Waals surface area (Å²) in [6.45, 7) is 3.58. The van der Waals surface area contributed by atoms with Gasteiger partial charge in [-0.15, -0.1) is 0 Å². The van der Waals surface area contributed by atoms with Crippen LogP contribution < -0.4 is 5.32 Å². The number of aromatic nitrogens is 2.